The van der Waals surface area contributed by atoms with Crippen LogP contribution in [-0.4, -0.2) is 37.6 Å². The molecular weight excluding hydrogens is 252 g/mol. The molecule has 0 radical (unpaired) electrons. The first kappa shape index (κ1) is 14.9. The maximum absolute atomic E-state index is 12.2. The third-order valence-electron chi connectivity index (χ3n) is 4.24. The zero-order valence-corrected chi connectivity index (χ0v) is 12.2. The number of carbonyl (C=O) groups excluding carboxylic acids is 1. The van der Waals surface area contributed by atoms with E-state index in [4.69, 9.17) is 10.5 Å². The van der Waals surface area contributed by atoms with Crippen LogP contribution in [0.4, 0.5) is 0 Å². The van der Waals surface area contributed by atoms with Crippen molar-refractivity contribution < 1.29 is 9.53 Å². The van der Waals surface area contributed by atoms with Crippen LogP contribution >= 0.6 is 0 Å². The van der Waals surface area contributed by atoms with E-state index in [0.29, 0.717) is 26.1 Å². The number of hydrogen-bond acceptors (Lipinski definition) is 3. The van der Waals surface area contributed by atoms with E-state index in [1.54, 1.807) is 4.90 Å². The second-order valence-electron chi connectivity index (χ2n) is 5.71. The van der Waals surface area contributed by atoms with Gasteiger partial charge in [0.15, 0.2) is 0 Å². The Hall–Kier alpha value is -1.55. The Morgan fingerprint density at radius 3 is 2.60 bits per heavy atom. The summed E-state index contributed by atoms with van der Waals surface area (Å²) < 4.78 is 5.60. The number of para-hydroxylation sites is 1. The monoisotopic (exact) mass is 276 g/mol. The summed E-state index contributed by atoms with van der Waals surface area (Å²) in [6, 6.07) is 9.66. The van der Waals surface area contributed by atoms with Crippen molar-refractivity contribution in [2.75, 3.05) is 26.7 Å². The van der Waals surface area contributed by atoms with Crippen LogP contribution in [0.5, 0.6) is 5.75 Å². The second kappa shape index (κ2) is 6.75. The van der Waals surface area contributed by atoms with E-state index >= 15 is 0 Å². The molecule has 110 valence electrons. The normalized spacial score (nSPS) is 16.3. The molecule has 0 bridgehead atoms. The van der Waals surface area contributed by atoms with Gasteiger partial charge in [0, 0.05) is 13.5 Å². The first-order chi connectivity index (χ1) is 9.65. The SMILES string of the molecule is CN(CCOc1ccccc1)C(=O)CC1(CN)CCC1. The van der Waals surface area contributed by atoms with E-state index in [1.807, 2.05) is 37.4 Å². The first-order valence-corrected chi connectivity index (χ1v) is 7.27. The lowest BCUT2D eigenvalue weighted by Gasteiger charge is -2.41. The van der Waals surface area contributed by atoms with Gasteiger partial charge in [-0.05, 0) is 36.9 Å². The molecule has 0 atom stereocenters. The molecular formula is C16H24N2O2. The summed E-state index contributed by atoms with van der Waals surface area (Å²) in [4.78, 5) is 13.9. The molecule has 0 spiro atoms. The van der Waals surface area contributed by atoms with Crippen LogP contribution in [0.25, 0.3) is 0 Å². The summed E-state index contributed by atoms with van der Waals surface area (Å²) in [5.74, 6) is 1.01. The van der Waals surface area contributed by atoms with E-state index in [1.165, 1.54) is 6.42 Å². The van der Waals surface area contributed by atoms with Crippen molar-refractivity contribution in [2.45, 2.75) is 25.7 Å². The predicted molar refractivity (Wildman–Crippen MR) is 79.5 cm³/mol. The summed E-state index contributed by atoms with van der Waals surface area (Å²) in [5, 5.41) is 0. The number of hydrogen-bond donors (Lipinski definition) is 1. The number of carbonyl (C=O) groups is 1. The summed E-state index contributed by atoms with van der Waals surface area (Å²) >= 11 is 0. The average Bonchev–Trinajstić information content (AvgIpc) is 2.43. The molecule has 2 rings (SSSR count). The van der Waals surface area contributed by atoms with Gasteiger partial charge in [0.1, 0.15) is 12.4 Å². The zero-order valence-electron chi connectivity index (χ0n) is 12.2. The van der Waals surface area contributed by atoms with Gasteiger partial charge in [-0.1, -0.05) is 24.6 Å². The summed E-state index contributed by atoms with van der Waals surface area (Å²) in [6.45, 7) is 1.74. The van der Waals surface area contributed by atoms with Crippen LogP contribution in [0.3, 0.4) is 0 Å². The van der Waals surface area contributed by atoms with Gasteiger partial charge in [-0.2, -0.15) is 0 Å². The molecule has 1 fully saturated rings. The Bertz CT molecular complexity index is 424. The number of nitrogens with zero attached hydrogens (tertiary/aromatic N) is 1. The Morgan fingerprint density at radius 1 is 1.35 bits per heavy atom. The number of likely N-dealkylation sites (N-methyl/N-ethyl adjacent to an activating group) is 1. The Labute approximate surface area is 120 Å². The smallest absolute Gasteiger partial charge is 0.223 e. The maximum atomic E-state index is 12.2. The summed E-state index contributed by atoms with van der Waals surface area (Å²) in [7, 11) is 1.83. The lowest BCUT2D eigenvalue weighted by Crippen LogP contribution is -2.43. The van der Waals surface area contributed by atoms with Crippen LogP contribution < -0.4 is 10.5 Å². The van der Waals surface area contributed by atoms with Gasteiger partial charge in [-0.25, -0.2) is 0 Å². The minimum absolute atomic E-state index is 0.0750. The van der Waals surface area contributed by atoms with E-state index in [0.717, 1.165) is 18.6 Å². The Balaban J connectivity index is 1.71. The van der Waals surface area contributed by atoms with Gasteiger partial charge in [0.2, 0.25) is 5.91 Å². The van der Waals surface area contributed by atoms with Gasteiger partial charge in [-0.3, -0.25) is 4.79 Å². The molecule has 0 saturated heterocycles. The van der Waals surface area contributed by atoms with Gasteiger partial charge >= 0.3 is 0 Å². The largest absolute Gasteiger partial charge is 0.492 e. The molecule has 4 nitrogen and oxygen atoms in total. The number of benzene rings is 1. The highest BCUT2D eigenvalue weighted by Crippen LogP contribution is 2.43. The molecule has 4 heteroatoms. The van der Waals surface area contributed by atoms with Crippen molar-refractivity contribution >= 4 is 5.91 Å². The van der Waals surface area contributed by atoms with Gasteiger partial charge in [-0.15, -0.1) is 0 Å². The molecule has 20 heavy (non-hydrogen) atoms. The number of ether oxygens (including phenoxy) is 1. The van der Waals surface area contributed by atoms with Crippen molar-refractivity contribution in [1.82, 2.24) is 4.90 Å². The maximum Gasteiger partial charge on any atom is 0.223 e. The molecule has 0 unspecified atom stereocenters. The number of rotatable bonds is 7. The molecule has 2 N–H and O–H groups in total. The fourth-order valence-corrected chi connectivity index (χ4v) is 2.53. The Kier molecular flexibility index (Phi) is 5.01. The molecule has 1 aromatic rings. The highest BCUT2D eigenvalue weighted by molar-refractivity contribution is 5.76. The van der Waals surface area contributed by atoms with E-state index in [-0.39, 0.29) is 11.3 Å². The predicted octanol–water partition coefficient (Wildman–Crippen LogP) is 2.04. The first-order valence-electron chi connectivity index (χ1n) is 7.27. The van der Waals surface area contributed by atoms with Crippen LogP contribution in [0.2, 0.25) is 0 Å². The van der Waals surface area contributed by atoms with Crippen LogP contribution in [0.15, 0.2) is 30.3 Å². The molecule has 1 aliphatic carbocycles. The third-order valence-corrected chi connectivity index (χ3v) is 4.24. The molecule has 0 heterocycles. The number of nitrogens with two attached hydrogens (primary N) is 1. The van der Waals surface area contributed by atoms with Crippen molar-refractivity contribution in [3.05, 3.63) is 30.3 Å². The van der Waals surface area contributed by atoms with E-state index in [9.17, 15) is 4.79 Å². The van der Waals surface area contributed by atoms with Crippen LogP contribution in [0.1, 0.15) is 25.7 Å². The van der Waals surface area contributed by atoms with Crippen molar-refractivity contribution in [3.8, 4) is 5.75 Å². The highest BCUT2D eigenvalue weighted by Gasteiger charge is 2.38. The second-order valence-corrected chi connectivity index (χ2v) is 5.71. The lowest BCUT2D eigenvalue weighted by atomic mass is 9.66. The van der Waals surface area contributed by atoms with E-state index in [2.05, 4.69) is 0 Å². The minimum atomic E-state index is 0.0750. The fraction of sp³-hybridized carbons (Fsp3) is 0.562. The van der Waals surface area contributed by atoms with Gasteiger partial charge < -0.3 is 15.4 Å². The van der Waals surface area contributed by atoms with Crippen molar-refractivity contribution in [1.29, 1.82) is 0 Å². The summed E-state index contributed by atoms with van der Waals surface area (Å²) in [6.07, 6.45) is 3.95. The van der Waals surface area contributed by atoms with Crippen molar-refractivity contribution in [2.24, 2.45) is 11.1 Å². The average molecular weight is 276 g/mol. The molecule has 1 saturated carbocycles. The highest BCUT2D eigenvalue weighted by atomic mass is 16.5. The third kappa shape index (κ3) is 3.73. The minimum Gasteiger partial charge on any atom is -0.492 e. The van der Waals surface area contributed by atoms with Gasteiger partial charge in [0.25, 0.3) is 0 Å². The molecule has 0 aromatic heterocycles. The van der Waals surface area contributed by atoms with Crippen LogP contribution in [0, 0.1) is 5.41 Å². The van der Waals surface area contributed by atoms with E-state index < -0.39 is 0 Å². The standard InChI is InChI=1S/C16H24N2O2/c1-18(10-11-20-14-6-3-2-4-7-14)15(19)12-16(13-17)8-5-9-16/h2-4,6-7H,5,8-13,17H2,1H3. The molecule has 1 aromatic carbocycles. The lowest BCUT2D eigenvalue weighted by molar-refractivity contribution is -0.134. The van der Waals surface area contributed by atoms with Gasteiger partial charge in [0.05, 0.1) is 6.54 Å². The summed E-state index contributed by atoms with van der Waals surface area (Å²) in [5.41, 5.74) is 5.87. The zero-order chi connectivity index (χ0) is 14.4. The number of amides is 1. The van der Waals surface area contributed by atoms with Crippen LogP contribution in [-0.2, 0) is 4.79 Å². The topological polar surface area (TPSA) is 55.6 Å². The fourth-order valence-electron chi connectivity index (χ4n) is 2.53. The molecule has 1 aliphatic rings. The van der Waals surface area contributed by atoms with Crippen molar-refractivity contribution in [3.63, 3.8) is 0 Å². The quantitative estimate of drug-likeness (QED) is 0.829. The molecule has 0 aliphatic heterocycles. The molecule has 1 amide bonds. The Morgan fingerprint density at radius 2 is 2.05 bits per heavy atom.